The lowest BCUT2D eigenvalue weighted by atomic mass is 9.63. The Labute approximate surface area is 153 Å². The minimum atomic E-state index is -1.13. The predicted octanol–water partition coefficient (Wildman–Crippen LogP) is 1.91. The third-order valence-corrected chi connectivity index (χ3v) is 7.21. The number of phenolic OH excluding ortho intramolecular Hbond substituents is 1. The van der Waals surface area contributed by atoms with E-state index in [-0.39, 0.29) is 17.6 Å². The zero-order valence-electron chi connectivity index (χ0n) is 15.3. The summed E-state index contributed by atoms with van der Waals surface area (Å²) in [5.74, 6) is 0.621. The van der Waals surface area contributed by atoms with Crippen molar-refractivity contribution in [2.75, 3.05) is 20.1 Å². The largest absolute Gasteiger partial charge is 0.504 e. The molecule has 2 unspecified atom stereocenters. The number of ether oxygens (including phenoxy) is 1. The Hall–Kier alpha value is -1.85. The fourth-order valence-corrected chi connectivity index (χ4v) is 5.50. The molecule has 0 spiro atoms. The second-order valence-electron chi connectivity index (χ2n) is 8.77. The van der Waals surface area contributed by atoms with Crippen molar-refractivity contribution >= 4 is 5.78 Å². The minimum absolute atomic E-state index is 0.0310. The smallest absolute Gasteiger partial charge is 0.196 e. The van der Waals surface area contributed by atoms with Gasteiger partial charge in [0.05, 0.1) is 26.1 Å². The maximum absolute atomic E-state index is 12.5. The summed E-state index contributed by atoms with van der Waals surface area (Å²) in [6.45, 7) is 4.18. The molecule has 1 aromatic rings. The fourth-order valence-electron chi connectivity index (χ4n) is 5.50. The van der Waals surface area contributed by atoms with Gasteiger partial charge in [0, 0.05) is 17.9 Å². The summed E-state index contributed by atoms with van der Waals surface area (Å²) >= 11 is 0. The third kappa shape index (κ3) is 2.01. The molecule has 4 aliphatic rings. The Morgan fingerprint density at radius 2 is 2.12 bits per heavy atom. The summed E-state index contributed by atoms with van der Waals surface area (Å²) < 4.78 is 6.67. The maximum atomic E-state index is 12.5. The highest BCUT2D eigenvalue weighted by atomic mass is 16.5. The topological polar surface area (TPSA) is 66.8 Å². The molecule has 1 saturated carbocycles. The van der Waals surface area contributed by atoms with Crippen LogP contribution in [-0.4, -0.2) is 58.4 Å². The molecule has 0 aromatic heterocycles. The number of likely N-dealkylation sites (N-methyl/N-ethyl adjacent to an activating group) is 1. The molecule has 5 rings (SSSR count). The maximum Gasteiger partial charge on any atom is 0.196 e. The zero-order chi connectivity index (χ0) is 18.3. The van der Waals surface area contributed by atoms with Gasteiger partial charge in [-0.05, 0) is 43.5 Å². The van der Waals surface area contributed by atoms with Crippen LogP contribution in [0.1, 0.15) is 36.8 Å². The fraction of sp³-hybridized carbons (Fsp3) is 0.571. The van der Waals surface area contributed by atoms with Gasteiger partial charge in [0.15, 0.2) is 23.4 Å². The van der Waals surface area contributed by atoms with E-state index in [4.69, 9.17) is 4.74 Å². The number of hydrogen-bond donors (Lipinski definition) is 2. The van der Waals surface area contributed by atoms with Crippen molar-refractivity contribution in [2.24, 2.45) is 5.92 Å². The van der Waals surface area contributed by atoms with E-state index < -0.39 is 17.6 Å². The standard InChI is InChI=1S/C21H25NO4/c1-3-22(2,11-12-4-5-12)16-10-13-6-7-14(23)19-17(13)18-20(26-19)15(24)8-9-21(16,18)25/h6-9,12,16,18,20,25H,3-5,10-11H2,1-2H3/p+1/t16-,18?,20+,21-,22?/m1/s1. The van der Waals surface area contributed by atoms with Gasteiger partial charge in [-0.1, -0.05) is 6.07 Å². The highest BCUT2D eigenvalue weighted by molar-refractivity contribution is 5.97. The lowest BCUT2D eigenvalue weighted by molar-refractivity contribution is -0.940. The first-order valence-corrected chi connectivity index (χ1v) is 9.68. The number of phenols is 1. The molecule has 5 atom stereocenters. The highest BCUT2D eigenvalue weighted by Crippen LogP contribution is 2.57. The summed E-state index contributed by atoms with van der Waals surface area (Å²) in [5.41, 5.74) is 0.793. The number of quaternary nitrogens is 1. The van der Waals surface area contributed by atoms with E-state index >= 15 is 0 Å². The van der Waals surface area contributed by atoms with Crippen molar-refractivity contribution in [3.05, 3.63) is 35.4 Å². The normalized spacial score (nSPS) is 36.4. The number of ketones is 1. The van der Waals surface area contributed by atoms with Gasteiger partial charge in [0.2, 0.25) is 0 Å². The van der Waals surface area contributed by atoms with Crippen molar-refractivity contribution in [3.63, 3.8) is 0 Å². The van der Waals surface area contributed by atoms with Crippen molar-refractivity contribution < 1.29 is 24.2 Å². The van der Waals surface area contributed by atoms with E-state index in [1.165, 1.54) is 18.9 Å². The molecule has 0 bridgehead atoms. The summed E-state index contributed by atoms with van der Waals surface area (Å²) in [5, 5.41) is 22.1. The third-order valence-electron chi connectivity index (χ3n) is 7.21. The van der Waals surface area contributed by atoms with Gasteiger partial charge in [-0.3, -0.25) is 4.79 Å². The quantitative estimate of drug-likeness (QED) is 0.809. The second kappa shape index (κ2) is 5.11. The molecule has 138 valence electrons. The first-order valence-electron chi connectivity index (χ1n) is 9.68. The first kappa shape index (κ1) is 16.3. The lowest BCUT2D eigenvalue weighted by Crippen LogP contribution is -2.68. The molecule has 1 aromatic carbocycles. The summed E-state index contributed by atoms with van der Waals surface area (Å²) in [6.07, 6.45) is 5.74. The first-order chi connectivity index (χ1) is 12.4. The van der Waals surface area contributed by atoms with Crippen LogP contribution in [0, 0.1) is 5.92 Å². The molecule has 5 nitrogen and oxygen atoms in total. The van der Waals surface area contributed by atoms with Crippen LogP contribution in [0.15, 0.2) is 24.3 Å². The average molecular weight is 356 g/mol. The van der Waals surface area contributed by atoms with Gasteiger partial charge in [-0.15, -0.1) is 0 Å². The molecule has 0 saturated heterocycles. The Kier molecular flexibility index (Phi) is 3.21. The molecule has 1 heterocycles. The van der Waals surface area contributed by atoms with Crippen LogP contribution < -0.4 is 4.74 Å². The van der Waals surface area contributed by atoms with E-state index in [1.807, 2.05) is 6.07 Å². The molecule has 2 N–H and O–H groups in total. The molecule has 3 aliphatic carbocycles. The van der Waals surface area contributed by atoms with Crippen LogP contribution in [0.4, 0.5) is 0 Å². The highest BCUT2D eigenvalue weighted by Gasteiger charge is 2.63. The van der Waals surface area contributed by atoms with Crippen LogP contribution in [-0.2, 0) is 11.2 Å². The lowest BCUT2D eigenvalue weighted by Gasteiger charge is -2.53. The molecule has 5 heteroatoms. The van der Waals surface area contributed by atoms with E-state index in [9.17, 15) is 15.0 Å². The van der Waals surface area contributed by atoms with Crippen LogP contribution >= 0.6 is 0 Å². The van der Waals surface area contributed by atoms with E-state index in [1.54, 1.807) is 12.1 Å². The van der Waals surface area contributed by atoms with Crippen LogP contribution in [0.3, 0.4) is 0 Å². The van der Waals surface area contributed by atoms with Crippen LogP contribution in [0.5, 0.6) is 11.5 Å². The molecule has 26 heavy (non-hydrogen) atoms. The number of carbonyl (C=O) groups is 1. The summed E-state index contributed by atoms with van der Waals surface area (Å²) in [4.78, 5) is 12.5. The van der Waals surface area contributed by atoms with E-state index in [2.05, 4.69) is 14.0 Å². The monoisotopic (exact) mass is 356 g/mol. The Morgan fingerprint density at radius 1 is 1.35 bits per heavy atom. The molecule has 0 radical (unpaired) electrons. The van der Waals surface area contributed by atoms with Crippen molar-refractivity contribution in [2.45, 2.75) is 49.9 Å². The molecule has 0 amide bonds. The molecular formula is C21H26NO4+. The SMILES string of the molecule is CC[N+](C)(CC1CC1)[C@@H]1Cc2ccc(O)c3c2C2[C@@H](O3)C(=O)C=C[C@]21O. The number of hydrogen-bond acceptors (Lipinski definition) is 4. The number of rotatable bonds is 4. The van der Waals surface area contributed by atoms with Crippen molar-refractivity contribution in [1.29, 1.82) is 0 Å². The van der Waals surface area contributed by atoms with E-state index in [0.29, 0.717) is 5.75 Å². The Balaban J connectivity index is 1.69. The number of benzene rings is 1. The summed E-state index contributed by atoms with van der Waals surface area (Å²) in [7, 11) is 2.24. The van der Waals surface area contributed by atoms with Crippen LogP contribution in [0.25, 0.3) is 0 Å². The van der Waals surface area contributed by atoms with Crippen molar-refractivity contribution in [1.82, 2.24) is 0 Å². The predicted molar refractivity (Wildman–Crippen MR) is 96.2 cm³/mol. The number of nitrogens with zero attached hydrogens (tertiary/aromatic N) is 1. The number of carbonyl (C=O) groups excluding carboxylic acids is 1. The van der Waals surface area contributed by atoms with Gasteiger partial charge >= 0.3 is 0 Å². The van der Waals surface area contributed by atoms with Gasteiger partial charge in [0.25, 0.3) is 0 Å². The van der Waals surface area contributed by atoms with E-state index in [0.717, 1.165) is 41.0 Å². The number of aliphatic hydroxyl groups is 1. The van der Waals surface area contributed by atoms with Gasteiger partial charge in [-0.2, -0.15) is 0 Å². The molecule has 1 fully saturated rings. The Morgan fingerprint density at radius 3 is 2.81 bits per heavy atom. The minimum Gasteiger partial charge on any atom is -0.504 e. The van der Waals surface area contributed by atoms with Gasteiger partial charge < -0.3 is 19.4 Å². The summed E-state index contributed by atoms with van der Waals surface area (Å²) in [6, 6.07) is 3.56. The second-order valence-corrected chi connectivity index (χ2v) is 8.77. The zero-order valence-corrected chi connectivity index (χ0v) is 15.3. The number of aromatic hydroxyl groups is 1. The average Bonchev–Trinajstić information content (AvgIpc) is 3.32. The molecular weight excluding hydrogens is 330 g/mol. The van der Waals surface area contributed by atoms with Gasteiger partial charge in [-0.25, -0.2) is 0 Å². The van der Waals surface area contributed by atoms with Gasteiger partial charge in [0.1, 0.15) is 11.6 Å². The van der Waals surface area contributed by atoms with Crippen molar-refractivity contribution in [3.8, 4) is 11.5 Å². The Bertz CT molecular complexity index is 830. The molecule has 1 aliphatic heterocycles. The van der Waals surface area contributed by atoms with Crippen LogP contribution in [0.2, 0.25) is 0 Å².